The van der Waals surface area contributed by atoms with E-state index in [2.05, 4.69) is 15.6 Å². The Balaban J connectivity index is 1.29. The number of hydrogen-bond donors (Lipinski definition) is 2. The number of aromatic nitrogens is 1. The first kappa shape index (κ1) is 17.5. The SMILES string of the molecule is O=C(NCc1cccnc1)C1CC12CCN(C(=O)Nc1cccc(F)c1)C2. The lowest BCUT2D eigenvalue weighted by Gasteiger charge is -2.17. The van der Waals surface area contributed by atoms with Gasteiger partial charge in [-0.3, -0.25) is 9.78 Å². The Morgan fingerprint density at radius 3 is 2.96 bits per heavy atom. The van der Waals surface area contributed by atoms with Crippen LogP contribution in [0.1, 0.15) is 18.4 Å². The largest absolute Gasteiger partial charge is 0.352 e. The monoisotopic (exact) mass is 368 g/mol. The van der Waals surface area contributed by atoms with Gasteiger partial charge >= 0.3 is 6.03 Å². The van der Waals surface area contributed by atoms with Gasteiger partial charge in [-0.2, -0.15) is 0 Å². The summed E-state index contributed by atoms with van der Waals surface area (Å²) >= 11 is 0. The fourth-order valence-corrected chi connectivity index (χ4v) is 3.82. The van der Waals surface area contributed by atoms with Gasteiger partial charge in [0.15, 0.2) is 0 Å². The second-order valence-electron chi connectivity index (χ2n) is 7.31. The molecule has 7 heteroatoms. The van der Waals surface area contributed by atoms with E-state index < -0.39 is 5.82 Å². The number of halogens is 1. The predicted octanol–water partition coefficient (Wildman–Crippen LogP) is 2.78. The van der Waals surface area contributed by atoms with Crippen LogP contribution in [0.3, 0.4) is 0 Å². The van der Waals surface area contributed by atoms with E-state index in [0.29, 0.717) is 25.3 Å². The number of hydrogen-bond acceptors (Lipinski definition) is 3. The number of nitrogens with one attached hydrogen (secondary N) is 2. The van der Waals surface area contributed by atoms with Crippen LogP contribution >= 0.6 is 0 Å². The number of pyridine rings is 1. The van der Waals surface area contributed by atoms with Gasteiger partial charge in [-0.1, -0.05) is 12.1 Å². The number of nitrogens with zero attached hydrogens (tertiary/aromatic N) is 2. The zero-order valence-electron chi connectivity index (χ0n) is 14.8. The highest BCUT2D eigenvalue weighted by atomic mass is 19.1. The first-order valence-corrected chi connectivity index (χ1v) is 9.04. The number of amides is 3. The highest BCUT2D eigenvalue weighted by Crippen LogP contribution is 2.58. The smallest absolute Gasteiger partial charge is 0.321 e. The molecule has 0 bridgehead atoms. The molecule has 2 heterocycles. The molecule has 0 radical (unpaired) electrons. The topological polar surface area (TPSA) is 74.3 Å². The summed E-state index contributed by atoms with van der Waals surface area (Å²) in [5.41, 5.74) is 1.28. The van der Waals surface area contributed by atoms with Crippen LogP contribution in [0.4, 0.5) is 14.9 Å². The van der Waals surface area contributed by atoms with Crippen molar-refractivity contribution in [1.82, 2.24) is 15.2 Å². The van der Waals surface area contributed by atoms with Crippen LogP contribution in [-0.4, -0.2) is 34.9 Å². The summed E-state index contributed by atoms with van der Waals surface area (Å²) in [6.45, 7) is 1.62. The third-order valence-corrected chi connectivity index (χ3v) is 5.44. The maximum atomic E-state index is 13.2. The van der Waals surface area contributed by atoms with Gasteiger partial charge < -0.3 is 15.5 Å². The molecular weight excluding hydrogens is 347 g/mol. The molecule has 1 spiro atoms. The van der Waals surface area contributed by atoms with Crippen LogP contribution in [-0.2, 0) is 11.3 Å². The third kappa shape index (κ3) is 3.77. The van der Waals surface area contributed by atoms with E-state index in [1.807, 2.05) is 12.1 Å². The molecule has 1 aliphatic carbocycles. The molecule has 140 valence electrons. The van der Waals surface area contributed by atoms with Crippen LogP contribution in [0.25, 0.3) is 0 Å². The fraction of sp³-hybridized carbons (Fsp3) is 0.350. The maximum absolute atomic E-state index is 13.2. The van der Waals surface area contributed by atoms with Gasteiger partial charge in [-0.05, 0) is 42.7 Å². The molecule has 1 saturated heterocycles. The van der Waals surface area contributed by atoms with Gasteiger partial charge in [0.05, 0.1) is 0 Å². The highest BCUT2D eigenvalue weighted by Gasteiger charge is 2.61. The van der Waals surface area contributed by atoms with Gasteiger partial charge in [-0.25, -0.2) is 9.18 Å². The van der Waals surface area contributed by atoms with Crippen molar-refractivity contribution in [2.24, 2.45) is 11.3 Å². The molecular formula is C20H21FN4O2. The number of anilines is 1. The van der Waals surface area contributed by atoms with Crippen molar-refractivity contribution in [3.05, 3.63) is 60.2 Å². The standard InChI is InChI=1S/C20H21FN4O2/c21-15-4-1-5-16(9-15)24-19(27)25-8-6-20(13-25)10-17(20)18(26)23-12-14-3-2-7-22-11-14/h1-5,7,9,11,17H,6,8,10,12-13H2,(H,23,26)(H,24,27). The fourth-order valence-electron chi connectivity index (χ4n) is 3.82. The first-order valence-electron chi connectivity index (χ1n) is 9.04. The lowest BCUT2D eigenvalue weighted by molar-refractivity contribution is -0.123. The molecule has 2 fully saturated rings. The van der Waals surface area contributed by atoms with Gasteiger partial charge in [0.1, 0.15) is 5.82 Å². The summed E-state index contributed by atoms with van der Waals surface area (Å²) in [5, 5.41) is 5.68. The molecule has 1 aromatic heterocycles. The quantitative estimate of drug-likeness (QED) is 0.871. The zero-order valence-corrected chi connectivity index (χ0v) is 14.8. The van der Waals surface area contributed by atoms with E-state index in [4.69, 9.17) is 0 Å². The molecule has 1 saturated carbocycles. The Kier molecular flexibility index (Phi) is 4.51. The normalized spacial score (nSPS) is 23.3. The number of benzene rings is 1. The lowest BCUT2D eigenvalue weighted by Crippen LogP contribution is -2.34. The number of carbonyl (C=O) groups is 2. The summed E-state index contributed by atoms with van der Waals surface area (Å²) < 4.78 is 13.2. The van der Waals surface area contributed by atoms with Crippen LogP contribution in [0.15, 0.2) is 48.8 Å². The third-order valence-electron chi connectivity index (χ3n) is 5.44. The van der Waals surface area contributed by atoms with Gasteiger partial charge in [0.2, 0.25) is 5.91 Å². The first-order chi connectivity index (χ1) is 13.1. The van der Waals surface area contributed by atoms with E-state index in [1.54, 1.807) is 29.4 Å². The Bertz CT molecular complexity index is 860. The Morgan fingerprint density at radius 2 is 2.19 bits per heavy atom. The highest BCUT2D eigenvalue weighted by molar-refractivity contribution is 5.90. The summed E-state index contributed by atoms with van der Waals surface area (Å²) in [4.78, 5) is 30.6. The Hall–Kier alpha value is -2.96. The van der Waals surface area contributed by atoms with Crippen molar-refractivity contribution >= 4 is 17.6 Å². The van der Waals surface area contributed by atoms with Gasteiger partial charge in [0, 0.05) is 49.0 Å². The summed E-state index contributed by atoms with van der Waals surface area (Å²) in [5.74, 6) is -0.411. The van der Waals surface area contributed by atoms with Crippen LogP contribution in [0, 0.1) is 17.2 Å². The molecule has 2 aromatic rings. The molecule has 2 aliphatic rings. The van der Waals surface area contributed by atoms with E-state index in [1.165, 1.54) is 12.1 Å². The van der Waals surface area contributed by atoms with E-state index in [0.717, 1.165) is 18.4 Å². The Labute approximate surface area is 156 Å². The number of urea groups is 1. The number of carbonyl (C=O) groups excluding carboxylic acids is 2. The molecule has 27 heavy (non-hydrogen) atoms. The van der Waals surface area contributed by atoms with Crippen molar-refractivity contribution in [1.29, 1.82) is 0 Å². The van der Waals surface area contributed by atoms with E-state index in [9.17, 15) is 14.0 Å². The van der Waals surface area contributed by atoms with Crippen LogP contribution in [0.2, 0.25) is 0 Å². The molecule has 2 unspecified atom stereocenters. The molecule has 1 aromatic carbocycles. The van der Waals surface area contributed by atoms with Crippen LogP contribution in [0.5, 0.6) is 0 Å². The molecule has 4 rings (SSSR count). The molecule has 2 atom stereocenters. The van der Waals surface area contributed by atoms with Gasteiger partial charge in [-0.15, -0.1) is 0 Å². The second-order valence-corrected chi connectivity index (χ2v) is 7.31. The summed E-state index contributed by atoms with van der Waals surface area (Å²) in [7, 11) is 0. The summed E-state index contributed by atoms with van der Waals surface area (Å²) in [6, 6.07) is 9.34. The summed E-state index contributed by atoms with van der Waals surface area (Å²) in [6.07, 6.45) is 5.05. The number of likely N-dealkylation sites (tertiary alicyclic amines) is 1. The molecule has 2 N–H and O–H groups in total. The second kappa shape index (κ2) is 6.98. The molecule has 6 nitrogen and oxygen atoms in total. The Morgan fingerprint density at radius 1 is 1.30 bits per heavy atom. The van der Waals surface area contributed by atoms with Crippen molar-refractivity contribution in [2.75, 3.05) is 18.4 Å². The predicted molar refractivity (Wildman–Crippen MR) is 98.2 cm³/mol. The van der Waals surface area contributed by atoms with E-state index in [-0.39, 0.29) is 23.3 Å². The number of rotatable bonds is 4. The zero-order chi connectivity index (χ0) is 18.9. The lowest BCUT2D eigenvalue weighted by atomic mass is 10.0. The van der Waals surface area contributed by atoms with Crippen molar-refractivity contribution in [3.8, 4) is 0 Å². The average Bonchev–Trinajstić information content (AvgIpc) is 3.20. The minimum absolute atomic E-state index is 0.0336. The van der Waals surface area contributed by atoms with Crippen molar-refractivity contribution in [3.63, 3.8) is 0 Å². The van der Waals surface area contributed by atoms with Crippen molar-refractivity contribution in [2.45, 2.75) is 19.4 Å². The molecule has 3 amide bonds. The minimum Gasteiger partial charge on any atom is -0.352 e. The van der Waals surface area contributed by atoms with Gasteiger partial charge in [0.25, 0.3) is 0 Å². The van der Waals surface area contributed by atoms with Crippen molar-refractivity contribution < 1.29 is 14.0 Å². The average molecular weight is 368 g/mol. The minimum atomic E-state index is -0.391. The van der Waals surface area contributed by atoms with E-state index >= 15 is 0 Å². The maximum Gasteiger partial charge on any atom is 0.321 e. The van der Waals surface area contributed by atoms with Crippen LogP contribution < -0.4 is 10.6 Å². The molecule has 1 aliphatic heterocycles.